The van der Waals surface area contributed by atoms with Crippen molar-refractivity contribution in [3.8, 4) is 0 Å². The zero-order valence-corrected chi connectivity index (χ0v) is 47.0. The fraction of sp³-hybridized carbons (Fsp3) is 0.613. The average molecular weight is 1020 g/mol. The molecule has 0 aromatic carbocycles. The third kappa shape index (κ3) is 55.5. The highest BCUT2D eigenvalue weighted by molar-refractivity contribution is 7.47. The second kappa shape index (κ2) is 52.0. The number of likely N-dealkylation sites (N-methyl/N-ethyl adjacent to an activating group) is 1. The van der Waals surface area contributed by atoms with Gasteiger partial charge in [-0.1, -0.05) is 218 Å². The van der Waals surface area contributed by atoms with Gasteiger partial charge in [0.1, 0.15) is 19.8 Å². The van der Waals surface area contributed by atoms with Gasteiger partial charge in [0.25, 0.3) is 0 Å². The number of ether oxygens (including phenoxy) is 2. The molecular formula is C62H103NO8P+. The van der Waals surface area contributed by atoms with Gasteiger partial charge in [0, 0.05) is 12.8 Å². The number of phosphoric acid groups is 1. The molecule has 0 aliphatic carbocycles. The van der Waals surface area contributed by atoms with Crippen LogP contribution in [0, 0.1) is 0 Å². The van der Waals surface area contributed by atoms with Gasteiger partial charge in [-0.2, -0.15) is 0 Å². The first kappa shape index (κ1) is 68.2. The van der Waals surface area contributed by atoms with Gasteiger partial charge < -0.3 is 18.9 Å². The van der Waals surface area contributed by atoms with Gasteiger partial charge >= 0.3 is 19.8 Å². The maximum absolute atomic E-state index is 12.7. The summed E-state index contributed by atoms with van der Waals surface area (Å²) < 4.78 is 34.3. The van der Waals surface area contributed by atoms with Crippen LogP contribution in [0.15, 0.2) is 134 Å². The van der Waals surface area contributed by atoms with E-state index in [0.717, 1.165) is 116 Å². The summed E-state index contributed by atoms with van der Waals surface area (Å²) in [5.41, 5.74) is 0. The number of allylic oxidation sites excluding steroid dienone is 22. The summed E-state index contributed by atoms with van der Waals surface area (Å²) in [4.78, 5) is 35.3. The fourth-order valence-corrected chi connectivity index (χ4v) is 7.64. The smallest absolute Gasteiger partial charge is 0.462 e. The van der Waals surface area contributed by atoms with Crippen molar-refractivity contribution in [3.05, 3.63) is 134 Å². The van der Waals surface area contributed by atoms with Gasteiger partial charge in [-0.3, -0.25) is 18.6 Å². The van der Waals surface area contributed by atoms with Crippen molar-refractivity contribution in [2.24, 2.45) is 0 Å². The van der Waals surface area contributed by atoms with Crippen LogP contribution in [0.25, 0.3) is 0 Å². The Labute approximate surface area is 441 Å². The highest BCUT2D eigenvalue weighted by Gasteiger charge is 2.27. The van der Waals surface area contributed by atoms with Gasteiger partial charge in [0.15, 0.2) is 6.10 Å². The van der Waals surface area contributed by atoms with E-state index in [2.05, 4.69) is 148 Å². The van der Waals surface area contributed by atoms with Crippen LogP contribution in [-0.2, 0) is 32.7 Å². The summed E-state index contributed by atoms with van der Waals surface area (Å²) in [7, 11) is 1.45. The minimum Gasteiger partial charge on any atom is -0.462 e. The molecule has 0 aliphatic heterocycles. The van der Waals surface area contributed by atoms with Gasteiger partial charge in [0.05, 0.1) is 27.7 Å². The molecule has 0 bridgehead atoms. The molecule has 0 aliphatic rings. The lowest BCUT2D eigenvalue weighted by Crippen LogP contribution is -2.37. The number of rotatable bonds is 49. The van der Waals surface area contributed by atoms with Crippen LogP contribution in [0.2, 0.25) is 0 Å². The topological polar surface area (TPSA) is 108 Å². The summed E-state index contributed by atoms with van der Waals surface area (Å²) >= 11 is 0. The maximum Gasteiger partial charge on any atom is 0.472 e. The number of esters is 2. The molecule has 10 heteroatoms. The van der Waals surface area contributed by atoms with Gasteiger partial charge in [-0.25, -0.2) is 4.57 Å². The predicted octanol–water partition coefficient (Wildman–Crippen LogP) is 17.4. The number of hydrogen-bond donors (Lipinski definition) is 1. The molecule has 0 rings (SSSR count). The molecule has 0 fully saturated rings. The Kier molecular flexibility index (Phi) is 49.2. The number of hydrogen-bond acceptors (Lipinski definition) is 7. The number of unbranched alkanes of at least 4 members (excludes halogenated alkanes) is 13. The highest BCUT2D eigenvalue weighted by atomic mass is 31.2. The summed E-state index contributed by atoms with van der Waals surface area (Å²) in [5.74, 6) is -0.827. The van der Waals surface area contributed by atoms with Crippen molar-refractivity contribution in [3.63, 3.8) is 0 Å². The molecule has 0 aromatic rings. The first-order chi connectivity index (χ1) is 35.0. The molecule has 2 atom stereocenters. The summed E-state index contributed by atoms with van der Waals surface area (Å²) in [6, 6.07) is 0. The lowest BCUT2D eigenvalue weighted by Gasteiger charge is -2.24. The Morgan fingerprint density at radius 2 is 0.792 bits per heavy atom. The van der Waals surface area contributed by atoms with E-state index >= 15 is 0 Å². The molecule has 72 heavy (non-hydrogen) atoms. The third-order valence-electron chi connectivity index (χ3n) is 11.2. The standard InChI is InChI=1S/C62H102NO8P/c1-6-8-10-12-14-15-16-17-18-19-20-21-22-23-24-25-26-27-28-29-30-31-32-33-34-35-36-37-38-39-40-41-42-43-44-45-46-47-49-51-53-55-62(65)71-60(59-70-72(66,67)69-57-56-63(3,4)5)58-68-61(64)54-52-50-48-13-11-9-7-2/h8,10,14-15,17-18,20-21,23-24,26-27,29-30,32-33,35-36,38-39,41-42,60H,6-7,9,11-13,16,19,22,25,28,31,34,37,40,43-59H2,1-5H3/p+1/b10-8-,15-14-,18-17-,21-20-,24-23-,27-26-,30-29-,33-32-,36-35-,39-38-,42-41-. The Hall–Kier alpha value is -3.85. The zero-order chi connectivity index (χ0) is 52.7. The van der Waals surface area contributed by atoms with E-state index in [9.17, 15) is 19.0 Å². The van der Waals surface area contributed by atoms with Crippen LogP contribution < -0.4 is 0 Å². The molecule has 0 heterocycles. The molecule has 0 radical (unpaired) electrons. The molecule has 0 aromatic heterocycles. The van der Waals surface area contributed by atoms with E-state index in [0.29, 0.717) is 17.4 Å². The Bertz CT molecular complexity index is 1670. The van der Waals surface area contributed by atoms with Gasteiger partial charge in [-0.15, -0.1) is 0 Å². The lowest BCUT2D eigenvalue weighted by atomic mass is 10.1. The van der Waals surface area contributed by atoms with Gasteiger partial charge in [0.2, 0.25) is 0 Å². The van der Waals surface area contributed by atoms with Crippen molar-refractivity contribution < 1.29 is 42.1 Å². The second-order valence-corrected chi connectivity index (χ2v) is 20.7. The van der Waals surface area contributed by atoms with Crippen LogP contribution in [-0.4, -0.2) is 74.9 Å². The summed E-state index contributed by atoms with van der Waals surface area (Å²) in [5, 5.41) is 0. The maximum atomic E-state index is 12.7. The van der Waals surface area contributed by atoms with Crippen LogP contribution in [0.3, 0.4) is 0 Å². The molecule has 2 unspecified atom stereocenters. The van der Waals surface area contributed by atoms with Crippen molar-refractivity contribution in [2.45, 2.75) is 200 Å². The predicted molar refractivity (Wildman–Crippen MR) is 307 cm³/mol. The SMILES string of the molecule is CC/C=C\C/C=C\C/C=C\C/C=C\C/C=C\C/C=C\C/C=C\C/C=C\C/C=C\C/C=C\C/C=C\CCCCCCCCCC(=O)OC(COC(=O)CCCCCCCCC)COP(=O)(O)OCC[N+](C)(C)C. The largest absolute Gasteiger partial charge is 0.472 e. The first-order valence-corrected chi connectivity index (χ1v) is 29.4. The Morgan fingerprint density at radius 1 is 0.444 bits per heavy atom. The highest BCUT2D eigenvalue weighted by Crippen LogP contribution is 2.43. The van der Waals surface area contributed by atoms with E-state index in [1.165, 1.54) is 44.9 Å². The molecule has 408 valence electrons. The number of nitrogens with zero attached hydrogens (tertiary/aromatic N) is 1. The molecule has 0 saturated carbocycles. The fourth-order valence-electron chi connectivity index (χ4n) is 6.90. The van der Waals surface area contributed by atoms with Crippen molar-refractivity contribution in [2.75, 3.05) is 47.5 Å². The van der Waals surface area contributed by atoms with E-state index in [1.807, 2.05) is 21.1 Å². The average Bonchev–Trinajstić information content (AvgIpc) is 3.34. The van der Waals surface area contributed by atoms with Crippen molar-refractivity contribution >= 4 is 19.8 Å². The molecule has 0 amide bonds. The lowest BCUT2D eigenvalue weighted by molar-refractivity contribution is -0.870. The van der Waals surface area contributed by atoms with Crippen LogP contribution >= 0.6 is 7.82 Å². The molecule has 9 nitrogen and oxygen atoms in total. The van der Waals surface area contributed by atoms with Gasteiger partial charge in [-0.05, 0) is 96.3 Å². The molecule has 0 saturated heterocycles. The van der Waals surface area contributed by atoms with Crippen molar-refractivity contribution in [1.29, 1.82) is 0 Å². The van der Waals surface area contributed by atoms with E-state index in [1.54, 1.807) is 0 Å². The zero-order valence-electron chi connectivity index (χ0n) is 46.1. The van der Waals surface area contributed by atoms with Crippen LogP contribution in [0.1, 0.15) is 194 Å². The van der Waals surface area contributed by atoms with E-state index in [4.69, 9.17) is 18.5 Å². The quantitative estimate of drug-likeness (QED) is 0.0211. The normalized spacial score (nSPS) is 14.4. The minimum atomic E-state index is -4.38. The first-order valence-electron chi connectivity index (χ1n) is 27.9. The Morgan fingerprint density at radius 3 is 1.18 bits per heavy atom. The monoisotopic (exact) mass is 1020 g/mol. The minimum absolute atomic E-state index is 0.0238. The van der Waals surface area contributed by atoms with Crippen molar-refractivity contribution in [1.82, 2.24) is 0 Å². The molecule has 1 N–H and O–H groups in total. The number of carbonyl (C=O) groups excluding carboxylic acids is 2. The third-order valence-corrected chi connectivity index (χ3v) is 12.2. The summed E-state index contributed by atoms with van der Waals surface area (Å²) in [6.45, 7) is 4.22. The number of quaternary nitrogens is 1. The second-order valence-electron chi connectivity index (χ2n) is 19.2. The summed E-state index contributed by atoms with van der Waals surface area (Å²) in [6.07, 6.45) is 75.6. The van der Waals surface area contributed by atoms with E-state index < -0.39 is 26.5 Å². The molecular weight excluding hydrogens is 918 g/mol. The van der Waals surface area contributed by atoms with E-state index in [-0.39, 0.29) is 32.0 Å². The van der Waals surface area contributed by atoms with Crippen LogP contribution in [0.5, 0.6) is 0 Å². The molecule has 0 spiro atoms. The van der Waals surface area contributed by atoms with Crippen LogP contribution in [0.4, 0.5) is 0 Å². The Balaban J connectivity index is 4.04. The number of phosphoric ester groups is 1. The number of carbonyl (C=O) groups is 2.